The van der Waals surface area contributed by atoms with Gasteiger partial charge in [0, 0.05) is 30.7 Å². The first-order valence-corrected chi connectivity index (χ1v) is 12.9. The highest BCUT2D eigenvalue weighted by atomic mass is 16.6. The molecule has 9 heteroatoms. The zero-order chi connectivity index (χ0) is 26.6. The smallest absolute Gasteiger partial charge is 0.339 e. The summed E-state index contributed by atoms with van der Waals surface area (Å²) in [7, 11) is 0. The van der Waals surface area contributed by atoms with Crippen LogP contribution in [-0.2, 0) is 20.7 Å². The highest BCUT2D eigenvalue weighted by Crippen LogP contribution is 2.36. The van der Waals surface area contributed by atoms with Crippen LogP contribution in [-0.4, -0.2) is 47.1 Å². The Hall–Kier alpha value is -4.11. The van der Waals surface area contributed by atoms with Crippen LogP contribution >= 0.6 is 0 Å². The van der Waals surface area contributed by atoms with Crippen LogP contribution in [0.15, 0.2) is 48.5 Å². The average molecular weight is 516 g/mol. The van der Waals surface area contributed by atoms with E-state index in [4.69, 9.17) is 14.5 Å². The summed E-state index contributed by atoms with van der Waals surface area (Å²) in [4.78, 5) is 41.9. The molecule has 0 radical (unpaired) electrons. The molecular weight excluding hydrogens is 486 g/mol. The van der Waals surface area contributed by atoms with Crippen molar-refractivity contribution in [2.45, 2.75) is 51.2 Å². The van der Waals surface area contributed by atoms with E-state index in [1.165, 1.54) is 12.1 Å². The van der Waals surface area contributed by atoms with Crippen LogP contribution in [0, 0.1) is 10.1 Å². The van der Waals surface area contributed by atoms with Crippen molar-refractivity contribution in [1.82, 2.24) is 10.3 Å². The number of nitro groups is 1. The van der Waals surface area contributed by atoms with Crippen molar-refractivity contribution < 1.29 is 24.0 Å². The maximum absolute atomic E-state index is 13.5. The second-order valence-electron chi connectivity index (χ2n) is 9.63. The summed E-state index contributed by atoms with van der Waals surface area (Å²) in [5.41, 5.74) is 4.10. The summed E-state index contributed by atoms with van der Waals surface area (Å²) in [5, 5.41) is 14.7. The number of rotatable bonds is 7. The number of nitrogens with zero attached hydrogens (tertiary/aromatic N) is 2. The second-order valence-corrected chi connectivity index (χ2v) is 9.63. The van der Waals surface area contributed by atoms with Crippen LogP contribution in [0.25, 0.3) is 22.6 Å². The number of amides is 1. The number of carbonyl (C=O) groups is 2. The third-order valence-electron chi connectivity index (χ3n) is 6.98. The van der Waals surface area contributed by atoms with Crippen LogP contribution < -0.4 is 5.32 Å². The predicted molar refractivity (Wildman–Crippen MR) is 143 cm³/mol. The lowest BCUT2D eigenvalue weighted by molar-refractivity contribution is -0.384. The van der Waals surface area contributed by atoms with Crippen LogP contribution in [0.1, 0.15) is 59.8 Å². The Morgan fingerprint density at radius 1 is 1.21 bits per heavy atom. The number of fused-ring (bicyclic) bond motifs is 2. The van der Waals surface area contributed by atoms with Gasteiger partial charge in [-0.3, -0.25) is 14.9 Å². The number of ether oxygens (including phenoxy) is 2. The predicted octanol–water partition coefficient (Wildman–Crippen LogP) is 4.86. The van der Waals surface area contributed by atoms with Gasteiger partial charge in [0.25, 0.3) is 11.6 Å². The summed E-state index contributed by atoms with van der Waals surface area (Å²) >= 11 is 0. The van der Waals surface area contributed by atoms with Gasteiger partial charge < -0.3 is 14.8 Å². The highest BCUT2D eigenvalue weighted by Gasteiger charge is 2.28. The minimum Gasteiger partial charge on any atom is -0.449 e. The molecule has 2 aliphatic rings. The molecule has 3 aromatic rings. The van der Waals surface area contributed by atoms with E-state index >= 15 is 0 Å². The van der Waals surface area contributed by atoms with E-state index in [0.29, 0.717) is 47.3 Å². The van der Waals surface area contributed by atoms with E-state index in [1.807, 2.05) is 30.3 Å². The van der Waals surface area contributed by atoms with Gasteiger partial charge in [-0.2, -0.15) is 0 Å². The number of carbonyl (C=O) groups excluding carboxylic acids is 2. The fraction of sp³-hybridized carbons (Fsp3) is 0.345. The molecular formula is C29H29N3O6. The third-order valence-corrected chi connectivity index (χ3v) is 6.98. The molecule has 1 N–H and O–H groups in total. The highest BCUT2D eigenvalue weighted by molar-refractivity contribution is 6.07. The molecule has 1 aliphatic carbocycles. The Kier molecular flexibility index (Phi) is 7.46. The first-order chi connectivity index (χ1) is 18.4. The molecule has 1 amide bonds. The molecule has 2 heterocycles. The molecule has 38 heavy (non-hydrogen) atoms. The summed E-state index contributed by atoms with van der Waals surface area (Å²) in [6.45, 7) is 2.65. The van der Waals surface area contributed by atoms with Crippen molar-refractivity contribution >= 4 is 40.1 Å². The third kappa shape index (κ3) is 5.43. The fourth-order valence-electron chi connectivity index (χ4n) is 5.07. The van der Waals surface area contributed by atoms with Gasteiger partial charge in [-0.05, 0) is 67.9 Å². The van der Waals surface area contributed by atoms with Gasteiger partial charge in [0.15, 0.2) is 6.10 Å². The lowest BCUT2D eigenvalue weighted by Gasteiger charge is -2.23. The molecule has 0 bridgehead atoms. The fourth-order valence-corrected chi connectivity index (χ4v) is 5.07. The normalized spacial score (nSPS) is 18.7. The quantitative estimate of drug-likeness (QED) is 0.271. The topological polar surface area (TPSA) is 121 Å². The molecule has 1 saturated heterocycles. The molecule has 1 fully saturated rings. The number of allylic oxidation sites excluding steroid dienone is 1. The maximum atomic E-state index is 13.5. The lowest BCUT2D eigenvalue weighted by atomic mass is 9.86. The largest absolute Gasteiger partial charge is 0.449 e. The van der Waals surface area contributed by atoms with Gasteiger partial charge >= 0.3 is 5.97 Å². The number of nitrogens with one attached hydrogen (secondary N) is 1. The zero-order valence-corrected chi connectivity index (χ0v) is 21.1. The SMILES string of the molecule is CC(OC(=O)c1c2c(nc3ccccc13)/C(=C/c1cccc([N+](=O)[O-])c1)CCC2)C(=O)NCC1CCCO1. The number of esters is 1. The summed E-state index contributed by atoms with van der Waals surface area (Å²) in [5.74, 6) is -0.941. The molecule has 2 aromatic carbocycles. The van der Waals surface area contributed by atoms with Gasteiger partial charge in [0.2, 0.25) is 0 Å². The Balaban J connectivity index is 1.46. The van der Waals surface area contributed by atoms with Crippen LogP contribution in [0.2, 0.25) is 0 Å². The first kappa shape index (κ1) is 25.5. The number of hydrogen-bond acceptors (Lipinski definition) is 7. The first-order valence-electron chi connectivity index (χ1n) is 12.9. The van der Waals surface area contributed by atoms with Gasteiger partial charge in [-0.1, -0.05) is 30.3 Å². The number of benzene rings is 2. The van der Waals surface area contributed by atoms with E-state index < -0.39 is 17.0 Å². The second kappa shape index (κ2) is 11.1. The van der Waals surface area contributed by atoms with Gasteiger partial charge in [-0.15, -0.1) is 0 Å². The molecule has 9 nitrogen and oxygen atoms in total. The summed E-state index contributed by atoms with van der Waals surface area (Å²) in [6.07, 6.45) is 4.91. The number of non-ortho nitro benzene ring substituents is 1. The number of hydrogen-bond donors (Lipinski definition) is 1. The molecule has 196 valence electrons. The number of nitro benzene ring substituents is 1. The van der Waals surface area contributed by atoms with Crippen LogP contribution in [0.5, 0.6) is 0 Å². The number of para-hydroxylation sites is 1. The molecule has 2 atom stereocenters. The lowest BCUT2D eigenvalue weighted by Crippen LogP contribution is -2.39. The maximum Gasteiger partial charge on any atom is 0.339 e. The molecule has 1 aliphatic heterocycles. The van der Waals surface area contributed by atoms with Crippen molar-refractivity contribution in [3.63, 3.8) is 0 Å². The molecule has 2 unspecified atom stereocenters. The average Bonchev–Trinajstić information content (AvgIpc) is 3.44. The Bertz CT molecular complexity index is 1430. The Morgan fingerprint density at radius 3 is 2.84 bits per heavy atom. The van der Waals surface area contributed by atoms with E-state index in [1.54, 1.807) is 19.1 Å². The molecule has 1 aromatic heterocycles. The van der Waals surface area contributed by atoms with Crippen LogP contribution in [0.3, 0.4) is 0 Å². The summed E-state index contributed by atoms with van der Waals surface area (Å²) < 4.78 is 11.2. The van der Waals surface area contributed by atoms with E-state index in [9.17, 15) is 19.7 Å². The Labute approximate surface area is 220 Å². The van der Waals surface area contributed by atoms with E-state index in [2.05, 4.69) is 5.32 Å². The van der Waals surface area contributed by atoms with E-state index in [-0.39, 0.29) is 17.7 Å². The van der Waals surface area contributed by atoms with Gasteiger partial charge in [0.1, 0.15) is 0 Å². The molecule has 5 rings (SSSR count). The van der Waals surface area contributed by atoms with Crippen molar-refractivity contribution in [2.75, 3.05) is 13.2 Å². The number of pyridine rings is 1. The zero-order valence-electron chi connectivity index (χ0n) is 21.1. The van der Waals surface area contributed by atoms with Crippen molar-refractivity contribution in [1.29, 1.82) is 0 Å². The molecule has 0 saturated carbocycles. The summed E-state index contributed by atoms with van der Waals surface area (Å²) in [6, 6.07) is 13.8. The number of aromatic nitrogens is 1. The van der Waals surface area contributed by atoms with Gasteiger partial charge in [0.05, 0.1) is 27.8 Å². The minimum absolute atomic E-state index is 0.00531. The van der Waals surface area contributed by atoms with Gasteiger partial charge in [-0.25, -0.2) is 9.78 Å². The van der Waals surface area contributed by atoms with Crippen LogP contribution in [0.4, 0.5) is 5.69 Å². The van der Waals surface area contributed by atoms with Crippen molar-refractivity contribution in [3.8, 4) is 0 Å². The van der Waals surface area contributed by atoms with Crippen molar-refractivity contribution in [3.05, 3.63) is 81.0 Å². The van der Waals surface area contributed by atoms with E-state index in [0.717, 1.165) is 36.8 Å². The minimum atomic E-state index is -0.977. The molecule has 0 spiro atoms. The Morgan fingerprint density at radius 2 is 2.05 bits per heavy atom. The van der Waals surface area contributed by atoms with Crippen molar-refractivity contribution in [2.24, 2.45) is 0 Å². The standard InChI is InChI=1S/C29H29N3O6/c1-18(28(33)30-17-22-10-6-14-37-22)38-29(34)26-23-11-2-3-13-25(23)31-27-20(8-5-12-24(26)27)15-19-7-4-9-21(16-19)32(35)36/h2-4,7,9,11,13,15-16,18,22H,5-6,8,10,12,14,17H2,1H3,(H,30,33)/b20-15+. The monoisotopic (exact) mass is 515 g/mol.